The molecule has 0 radical (unpaired) electrons. The van der Waals surface area contributed by atoms with Crippen molar-refractivity contribution < 1.29 is 14.3 Å². The first kappa shape index (κ1) is 20.4. The van der Waals surface area contributed by atoms with Crippen LogP contribution in [0.1, 0.15) is 30.0 Å². The highest BCUT2D eigenvalue weighted by atomic mass is 16.5. The molecule has 1 saturated heterocycles. The number of nitrogens with zero attached hydrogens (tertiary/aromatic N) is 1. The second kappa shape index (κ2) is 10.8. The molecule has 5 heteroatoms. The Balaban J connectivity index is 1.45. The van der Waals surface area contributed by atoms with Crippen LogP contribution in [0.4, 0.5) is 0 Å². The summed E-state index contributed by atoms with van der Waals surface area (Å²) in [6, 6.07) is 18.5. The van der Waals surface area contributed by atoms with Crippen molar-refractivity contribution in [2.24, 2.45) is 0 Å². The molecule has 150 valence electrons. The summed E-state index contributed by atoms with van der Waals surface area (Å²) < 4.78 is 11.3. The Morgan fingerprint density at radius 2 is 1.82 bits per heavy atom. The van der Waals surface area contributed by atoms with Gasteiger partial charge in [-0.3, -0.25) is 9.69 Å². The van der Waals surface area contributed by atoms with E-state index in [2.05, 4.69) is 22.3 Å². The van der Waals surface area contributed by atoms with Crippen LogP contribution in [0.15, 0.2) is 54.6 Å². The van der Waals surface area contributed by atoms with E-state index < -0.39 is 0 Å². The van der Waals surface area contributed by atoms with E-state index in [1.165, 1.54) is 5.56 Å². The molecule has 0 bridgehead atoms. The number of hydrogen-bond donors (Lipinski definition) is 1. The Kier molecular flexibility index (Phi) is 7.88. The summed E-state index contributed by atoms with van der Waals surface area (Å²) in [6.07, 6.45) is 1.17. The largest absolute Gasteiger partial charge is 0.493 e. The van der Waals surface area contributed by atoms with Crippen LogP contribution in [0.3, 0.4) is 0 Å². The Labute approximate surface area is 167 Å². The molecule has 1 aliphatic rings. The highest BCUT2D eigenvalue weighted by Crippen LogP contribution is 2.21. The van der Waals surface area contributed by atoms with Crippen molar-refractivity contribution in [2.75, 3.05) is 39.5 Å². The van der Waals surface area contributed by atoms with Gasteiger partial charge in [0.2, 0.25) is 5.91 Å². The van der Waals surface area contributed by atoms with Crippen LogP contribution < -0.4 is 10.1 Å². The number of ether oxygens (including phenoxy) is 2. The number of carbonyl (C=O) groups excluding carboxylic acids is 1. The highest BCUT2D eigenvalue weighted by molar-refractivity contribution is 5.75. The van der Waals surface area contributed by atoms with Crippen molar-refractivity contribution in [3.05, 3.63) is 65.7 Å². The molecule has 0 spiro atoms. The first-order valence-corrected chi connectivity index (χ1v) is 10.1. The molecule has 0 saturated carbocycles. The zero-order chi connectivity index (χ0) is 19.6. The van der Waals surface area contributed by atoms with Crippen molar-refractivity contribution in [1.29, 1.82) is 0 Å². The van der Waals surface area contributed by atoms with Crippen LogP contribution in [0.5, 0.6) is 5.75 Å². The molecular weight excluding hydrogens is 352 g/mol. The van der Waals surface area contributed by atoms with E-state index in [1.807, 2.05) is 49.4 Å². The number of rotatable bonds is 9. The lowest BCUT2D eigenvalue weighted by Crippen LogP contribution is -2.43. The molecule has 1 N–H and O–H groups in total. The molecule has 3 rings (SSSR count). The molecule has 2 aromatic carbocycles. The van der Waals surface area contributed by atoms with Crippen LogP contribution in [-0.4, -0.2) is 50.3 Å². The van der Waals surface area contributed by atoms with Gasteiger partial charge in [0.1, 0.15) is 5.75 Å². The molecule has 2 aromatic rings. The van der Waals surface area contributed by atoms with Crippen molar-refractivity contribution in [2.45, 2.75) is 25.8 Å². The van der Waals surface area contributed by atoms with Gasteiger partial charge in [-0.1, -0.05) is 48.5 Å². The van der Waals surface area contributed by atoms with E-state index >= 15 is 0 Å². The van der Waals surface area contributed by atoms with Gasteiger partial charge in [0.25, 0.3) is 0 Å². The SMILES string of the molecule is Cc1ccccc1OCCCC(=O)NCC(c1ccccc1)N1CCOCC1. The number of benzene rings is 2. The predicted octanol–water partition coefficient (Wildman–Crippen LogP) is 3.34. The van der Waals surface area contributed by atoms with E-state index in [1.54, 1.807) is 0 Å². The number of nitrogens with one attached hydrogen (secondary N) is 1. The van der Waals surface area contributed by atoms with E-state index in [4.69, 9.17) is 9.47 Å². The topological polar surface area (TPSA) is 50.8 Å². The standard InChI is InChI=1S/C23H30N2O3/c1-19-8-5-6-11-22(19)28-15-7-12-23(26)24-18-21(20-9-3-2-4-10-20)25-13-16-27-17-14-25/h2-6,8-11,21H,7,12-18H2,1H3,(H,24,26). The van der Waals surface area contributed by atoms with Gasteiger partial charge in [-0.2, -0.15) is 0 Å². The van der Waals surface area contributed by atoms with Gasteiger partial charge in [-0.25, -0.2) is 0 Å². The van der Waals surface area contributed by atoms with E-state index in [9.17, 15) is 4.79 Å². The van der Waals surface area contributed by atoms with E-state index in [0.29, 0.717) is 26.0 Å². The van der Waals surface area contributed by atoms with Crippen molar-refractivity contribution >= 4 is 5.91 Å². The minimum atomic E-state index is 0.0718. The maximum Gasteiger partial charge on any atom is 0.220 e. The second-order valence-electron chi connectivity index (χ2n) is 7.10. The minimum absolute atomic E-state index is 0.0718. The van der Waals surface area contributed by atoms with Gasteiger partial charge in [-0.05, 0) is 30.5 Å². The molecule has 0 aromatic heterocycles. The smallest absolute Gasteiger partial charge is 0.220 e. The molecule has 5 nitrogen and oxygen atoms in total. The highest BCUT2D eigenvalue weighted by Gasteiger charge is 2.22. The summed E-state index contributed by atoms with van der Waals surface area (Å²) in [5, 5.41) is 3.11. The van der Waals surface area contributed by atoms with Gasteiger partial charge in [-0.15, -0.1) is 0 Å². The van der Waals surface area contributed by atoms with Crippen molar-refractivity contribution in [3.8, 4) is 5.75 Å². The summed E-state index contributed by atoms with van der Waals surface area (Å²) in [7, 11) is 0. The average molecular weight is 383 g/mol. The number of aryl methyl sites for hydroxylation is 1. The van der Waals surface area contributed by atoms with Crippen LogP contribution in [0.25, 0.3) is 0 Å². The summed E-state index contributed by atoms with van der Waals surface area (Å²) in [6.45, 7) is 6.45. The second-order valence-corrected chi connectivity index (χ2v) is 7.10. The summed E-state index contributed by atoms with van der Waals surface area (Å²) >= 11 is 0. The summed E-state index contributed by atoms with van der Waals surface area (Å²) in [5.41, 5.74) is 2.34. The number of hydrogen-bond acceptors (Lipinski definition) is 4. The van der Waals surface area contributed by atoms with Gasteiger partial charge in [0, 0.05) is 26.1 Å². The zero-order valence-corrected chi connectivity index (χ0v) is 16.6. The third-order valence-electron chi connectivity index (χ3n) is 5.06. The fraction of sp³-hybridized carbons (Fsp3) is 0.435. The predicted molar refractivity (Wildman–Crippen MR) is 110 cm³/mol. The molecule has 1 heterocycles. The normalized spacial score (nSPS) is 15.8. The lowest BCUT2D eigenvalue weighted by Gasteiger charge is -2.35. The van der Waals surface area contributed by atoms with Gasteiger partial charge < -0.3 is 14.8 Å². The minimum Gasteiger partial charge on any atom is -0.493 e. The van der Waals surface area contributed by atoms with Crippen LogP contribution in [0.2, 0.25) is 0 Å². The monoisotopic (exact) mass is 382 g/mol. The fourth-order valence-electron chi connectivity index (χ4n) is 3.45. The quantitative estimate of drug-likeness (QED) is 0.676. The van der Waals surface area contributed by atoms with Crippen molar-refractivity contribution in [1.82, 2.24) is 10.2 Å². The van der Waals surface area contributed by atoms with Crippen LogP contribution >= 0.6 is 0 Å². The number of morpholine rings is 1. The maximum absolute atomic E-state index is 12.3. The maximum atomic E-state index is 12.3. The summed E-state index contributed by atoms with van der Waals surface area (Å²) in [4.78, 5) is 14.7. The van der Waals surface area contributed by atoms with Crippen molar-refractivity contribution in [3.63, 3.8) is 0 Å². The van der Waals surface area contributed by atoms with E-state index in [-0.39, 0.29) is 11.9 Å². The molecule has 0 aliphatic carbocycles. The number of para-hydroxylation sites is 1. The van der Waals surface area contributed by atoms with E-state index in [0.717, 1.165) is 37.6 Å². The Morgan fingerprint density at radius 3 is 2.57 bits per heavy atom. The molecular formula is C23H30N2O3. The first-order valence-electron chi connectivity index (χ1n) is 10.1. The first-order chi connectivity index (χ1) is 13.7. The molecule has 28 heavy (non-hydrogen) atoms. The average Bonchev–Trinajstić information content (AvgIpc) is 2.74. The number of carbonyl (C=O) groups is 1. The lowest BCUT2D eigenvalue weighted by molar-refractivity contribution is -0.121. The Hall–Kier alpha value is -2.37. The molecule has 1 fully saturated rings. The summed E-state index contributed by atoms with van der Waals surface area (Å²) in [5.74, 6) is 0.960. The number of amides is 1. The third kappa shape index (κ3) is 6.08. The molecule has 1 unspecified atom stereocenters. The lowest BCUT2D eigenvalue weighted by atomic mass is 10.0. The van der Waals surface area contributed by atoms with Gasteiger partial charge >= 0.3 is 0 Å². The van der Waals surface area contributed by atoms with Crippen LogP contribution in [-0.2, 0) is 9.53 Å². The van der Waals surface area contributed by atoms with Gasteiger partial charge in [0.15, 0.2) is 0 Å². The Morgan fingerprint density at radius 1 is 1.11 bits per heavy atom. The van der Waals surface area contributed by atoms with Gasteiger partial charge in [0.05, 0.1) is 25.9 Å². The fourth-order valence-corrected chi connectivity index (χ4v) is 3.45. The molecule has 1 atom stereocenters. The molecule has 1 amide bonds. The van der Waals surface area contributed by atoms with Crippen LogP contribution in [0, 0.1) is 6.92 Å². The third-order valence-corrected chi connectivity index (χ3v) is 5.06. The molecule has 1 aliphatic heterocycles. The Bertz CT molecular complexity index is 730. The zero-order valence-electron chi connectivity index (χ0n) is 16.6.